The van der Waals surface area contributed by atoms with Gasteiger partial charge in [-0.2, -0.15) is 0 Å². The van der Waals surface area contributed by atoms with Crippen molar-refractivity contribution in [1.29, 1.82) is 0 Å². The second-order valence-corrected chi connectivity index (χ2v) is 2.71. The zero-order valence-corrected chi connectivity index (χ0v) is 7.53. The van der Waals surface area contributed by atoms with Crippen molar-refractivity contribution >= 4 is 5.78 Å². The molecule has 1 aromatic rings. The number of rotatable bonds is 4. The van der Waals surface area contributed by atoms with Crippen LogP contribution in [0.5, 0.6) is 0 Å². The average molecular weight is 180 g/mol. The average Bonchev–Trinajstić information content (AvgIpc) is 2.48. The van der Waals surface area contributed by atoms with Crippen molar-refractivity contribution in [3.8, 4) is 0 Å². The lowest BCUT2D eigenvalue weighted by molar-refractivity contribution is 0.1000. The van der Waals surface area contributed by atoms with E-state index < -0.39 is 0 Å². The highest BCUT2D eigenvalue weighted by Gasteiger charge is 2.09. The molecule has 70 valence electrons. The molecule has 0 fully saturated rings. The van der Waals surface area contributed by atoms with E-state index in [1.165, 1.54) is 6.92 Å². The van der Waals surface area contributed by atoms with Gasteiger partial charge in [0.15, 0.2) is 11.6 Å². The third-order valence-electron chi connectivity index (χ3n) is 1.63. The normalized spacial score (nSPS) is 10.0. The van der Waals surface area contributed by atoms with Gasteiger partial charge in [-0.05, 0) is 0 Å². The molecular formula is C9H12N2O2. The molecule has 1 heterocycles. The standard InChI is InChI=1S/C9H12N2O2/c1-3-4-11-5-8(6-12)10-9(11)7(2)13/h3,5,12H,1,4,6H2,2H3. The molecule has 0 saturated heterocycles. The third kappa shape index (κ3) is 2.03. The molecule has 4 nitrogen and oxygen atoms in total. The van der Waals surface area contributed by atoms with Crippen LogP contribution in [0.25, 0.3) is 0 Å². The van der Waals surface area contributed by atoms with Crippen molar-refractivity contribution in [2.45, 2.75) is 20.1 Å². The third-order valence-corrected chi connectivity index (χ3v) is 1.63. The molecule has 0 saturated carbocycles. The summed E-state index contributed by atoms with van der Waals surface area (Å²) in [5.74, 6) is 0.255. The highest BCUT2D eigenvalue weighted by molar-refractivity contribution is 5.90. The first-order valence-corrected chi connectivity index (χ1v) is 3.97. The SMILES string of the molecule is C=CCn1cc(CO)nc1C(C)=O. The number of hydrogen-bond donors (Lipinski definition) is 1. The zero-order valence-electron chi connectivity index (χ0n) is 7.53. The van der Waals surface area contributed by atoms with E-state index in [9.17, 15) is 4.79 Å². The van der Waals surface area contributed by atoms with Crippen LogP contribution in [0.3, 0.4) is 0 Å². The van der Waals surface area contributed by atoms with Gasteiger partial charge in [-0.15, -0.1) is 6.58 Å². The predicted octanol–water partition coefficient (Wildman–Crippen LogP) is 0.764. The lowest BCUT2D eigenvalue weighted by Gasteiger charge is -1.99. The summed E-state index contributed by atoms with van der Waals surface area (Å²) in [6.45, 7) is 5.40. The fourth-order valence-electron chi connectivity index (χ4n) is 1.11. The maximum atomic E-state index is 11.1. The Bertz CT molecular complexity index is 328. The van der Waals surface area contributed by atoms with E-state index >= 15 is 0 Å². The van der Waals surface area contributed by atoms with E-state index in [1.807, 2.05) is 0 Å². The smallest absolute Gasteiger partial charge is 0.195 e. The molecule has 0 aliphatic heterocycles. The summed E-state index contributed by atoms with van der Waals surface area (Å²) >= 11 is 0. The summed E-state index contributed by atoms with van der Waals surface area (Å²) in [6, 6.07) is 0. The number of nitrogens with zero attached hydrogens (tertiary/aromatic N) is 2. The Morgan fingerprint density at radius 2 is 2.54 bits per heavy atom. The van der Waals surface area contributed by atoms with Crippen molar-refractivity contribution in [2.75, 3.05) is 0 Å². The summed E-state index contributed by atoms with van der Waals surface area (Å²) in [5.41, 5.74) is 0.507. The Morgan fingerprint density at radius 3 is 3.00 bits per heavy atom. The van der Waals surface area contributed by atoms with Crippen LogP contribution >= 0.6 is 0 Å². The molecule has 0 atom stereocenters. The first-order chi connectivity index (χ1) is 6.19. The zero-order chi connectivity index (χ0) is 9.84. The van der Waals surface area contributed by atoms with E-state index in [4.69, 9.17) is 5.11 Å². The number of hydrogen-bond acceptors (Lipinski definition) is 3. The van der Waals surface area contributed by atoms with Gasteiger partial charge in [0.2, 0.25) is 0 Å². The lowest BCUT2D eigenvalue weighted by Crippen LogP contribution is -2.05. The van der Waals surface area contributed by atoms with Crippen LogP contribution in [0.15, 0.2) is 18.9 Å². The molecule has 4 heteroatoms. The molecule has 0 radical (unpaired) electrons. The number of ketones is 1. The van der Waals surface area contributed by atoms with Crippen molar-refractivity contribution < 1.29 is 9.90 Å². The van der Waals surface area contributed by atoms with E-state index in [0.29, 0.717) is 18.1 Å². The van der Waals surface area contributed by atoms with Crippen LogP contribution in [0.4, 0.5) is 0 Å². The van der Waals surface area contributed by atoms with Gasteiger partial charge < -0.3 is 9.67 Å². The number of carbonyl (C=O) groups excluding carboxylic acids is 1. The number of aliphatic hydroxyl groups is 1. The maximum Gasteiger partial charge on any atom is 0.195 e. The Kier molecular flexibility index (Phi) is 2.97. The van der Waals surface area contributed by atoms with Crippen LogP contribution in [0.2, 0.25) is 0 Å². The first-order valence-electron chi connectivity index (χ1n) is 3.97. The molecule has 0 aromatic carbocycles. The molecule has 13 heavy (non-hydrogen) atoms. The maximum absolute atomic E-state index is 11.1. The van der Waals surface area contributed by atoms with E-state index in [-0.39, 0.29) is 12.4 Å². The van der Waals surface area contributed by atoms with E-state index in [0.717, 1.165) is 0 Å². The van der Waals surface area contributed by atoms with Crippen LogP contribution in [-0.4, -0.2) is 20.4 Å². The Balaban J connectivity index is 3.06. The van der Waals surface area contributed by atoms with Crippen molar-refractivity contribution in [1.82, 2.24) is 9.55 Å². The molecule has 0 bridgehead atoms. The number of aliphatic hydroxyl groups excluding tert-OH is 1. The van der Waals surface area contributed by atoms with Crippen LogP contribution in [0.1, 0.15) is 23.2 Å². The van der Waals surface area contributed by atoms with Gasteiger partial charge in [-0.3, -0.25) is 4.79 Å². The number of carbonyl (C=O) groups is 1. The van der Waals surface area contributed by atoms with Gasteiger partial charge in [0.25, 0.3) is 0 Å². The largest absolute Gasteiger partial charge is 0.390 e. The quantitative estimate of drug-likeness (QED) is 0.550. The summed E-state index contributed by atoms with van der Waals surface area (Å²) in [7, 11) is 0. The summed E-state index contributed by atoms with van der Waals surface area (Å²) in [5, 5.41) is 8.81. The van der Waals surface area contributed by atoms with Gasteiger partial charge in [-0.1, -0.05) is 6.08 Å². The minimum Gasteiger partial charge on any atom is -0.390 e. The van der Waals surface area contributed by atoms with Crippen molar-refractivity contribution in [3.05, 3.63) is 30.4 Å². The molecule has 0 amide bonds. The highest BCUT2D eigenvalue weighted by Crippen LogP contribution is 2.04. The van der Waals surface area contributed by atoms with Gasteiger partial charge >= 0.3 is 0 Å². The second kappa shape index (κ2) is 4.00. The molecule has 1 N–H and O–H groups in total. The van der Waals surface area contributed by atoms with Crippen LogP contribution in [0, 0.1) is 0 Å². The fraction of sp³-hybridized carbons (Fsp3) is 0.333. The fourth-order valence-corrected chi connectivity index (χ4v) is 1.11. The van der Waals surface area contributed by atoms with Crippen molar-refractivity contribution in [2.24, 2.45) is 0 Å². The molecular weight excluding hydrogens is 168 g/mol. The highest BCUT2D eigenvalue weighted by atomic mass is 16.3. The molecule has 0 unspecified atom stereocenters. The second-order valence-electron chi connectivity index (χ2n) is 2.71. The molecule has 0 aliphatic rings. The number of allylic oxidation sites excluding steroid dienone is 1. The van der Waals surface area contributed by atoms with Gasteiger partial charge in [0.05, 0.1) is 12.3 Å². The summed E-state index contributed by atoms with van der Waals surface area (Å²) < 4.78 is 1.67. The van der Waals surface area contributed by atoms with E-state index in [1.54, 1.807) is 16.8 Å². The van der Waals surface area contributed by atoms with Crippen LogP contribution < -0.4 is 0 Å². The molecule has 0 spiro atoms. The topological polar surface area (TPSA) is 55.1 Å². The minimum atomic E-state index is -0.148. The predicted molar refractivity (Wildman–Crippen MR) is 48.4 cm³/mol. The van der Waals surface area contributed by atoms with Crippen molar-refractivity contribution in [3.63, 3.8) is 0 Å². The monoisotopic (exact) mass is 180 g/mol. The van der Waals surface area contributed by atoms with Gasteiger partial charge in [0.1, 0.15) is 0 Å². The molecule has 1 rings (SSSR count). The number of imidazole rings is 1. The Labute approximate surface area is 76.5 Å². The lowest BCUT2D eigenvalue weighted by atomic mass is 10.4. The molecule has 0 aliphatic carbocycles. The Morgan fingerprint density at radius 1 is 1.85 bits per heavy atom. The minimum absolute atomic E-state index is 0.110. The van der Waals surface area contributed by atoms with Crippen LogP contribution in [-0.2, 0) is 13.2 Å². The number of Topliss-reactive ketones (excluding diaryl/α,β-unsaturated/α-hetero) is 1. The van der Waals surface area contributed by atoms with Gasteiger partial charge in [0, 0.05) is 19.7 Å². The molecule has 1 aromatic heterocycles. The van der Waals surface area contributed by atoms with Gasteiger partial charge in [-0.25, -0.2) is 4.98 Å². The summed E-state index contributed by atoms with van der Waals surface area (Å²) in [6.07, 6.45) is 3.33. The summed E-state index contributed by atoms with van der Waals surface area (Å²) in [4.78, 5) is 15.0. The first kappa shape index (κ1) is 9.67. The Hall–Kier alpha value is -1.42. The van der Waals surface area contributed by atoms with E-state index in [2.05, 4.69) is 11.6 Å². The number of aromatic nitrogens is 2.